The second-order valence-electron chi connectivity index (χ2n) is 4.61. The molecule has 0 saturated heterocycles. The van der Waals surface area contributed by atoms with Crippen LogP contribution in [0, 0.1) is 0 Å². The maximum atomic E-state index is 4.25. The van der Waals surface area contributed by atoms with Gasteiger partial charge in [-0.15, -0.1) is 0 Å². The lowest BCUT2D eigenvalue weighted by molar-refractivity contribution is -0.725. The Morgan fingerprint density at radius 2 is 1.88 bits per heavy atom. The first-order chi connectivity index (χ1) is 8.43. The number of imidazole rings is 1. The Bertz CT molecular complexity index is 471. The molecule has 0 aromatic carbocycles. The lowest BCUT2D eigenvalue weighted by Gasteiger charge is -2.18. The summed E-state index contributed by atoms with van der Waals surface area (Å²) in [7, 11) is 0. The molecule has 2 heterocycles. The third-order valence-corrected chi connectivity index (χ3v) is 3.44. The topological polar surface area (TPSA) is 34.6 Å². The van der Waals surface area contributed by atoms with Gasteiger partial charge >= 0.3 is 5.95 Å². The van der Waals surface area contributed by atoms with Crippen molar-refractivity contribution in [2.24, 2.45) is 0 Å². The van der Waals surface area contributed by atoms with Gasteiger partial charge in [0.2, 0.25) is 0 Å². The van der Waals surface area contributed by atoms with Crippen LogP contribution in [0.5, 0.6) is 0 Å². The van der Waals surface area contributed by atoms with Crippen LogP contribution in [-0.2, 0) is 0 Å². The van der Waals surface area contributed by atoms with Crippen LogP contribution < -0.4 is 4.57 Å². The van der Waals surface area contributed by atoms with E-state index in [2.05, 4.69) is 27.1 Å². The summed E-state index contributed by atoms with van der Waals surface area (Å²) < 4.78 is 4.28. The van der Waals surface area contributed by atoms with Crippen LogP contribution in [0.4, 0.5) is 0 Å². The fraction of sp³-hybridized carbons (Fsp3) is 0.462. The summed E-state index contributed by atoms with van der Waals surface area (Å²) >= 11 is 0. The zero-order valence-electron chi connectivity index (χ0n) is 9.87. The van der Waals surface area contributed by atoms with Gasteiger partial charge in [0.1, 0.15) is 18.4 Å². The highest BCUT2D eigenvalue weighted by atomic mass is 15.2. The summed E-state index contributed by atoms with van der Waals surface area (Å²) in [6, 6.07) is 2.50. The van der Waals surface area contributed by atoms with E-state index in [1.165, 1.54) is 32.1 Å². The summed E-state index contributed by atoms with van der Waals surface area (Å²) in [5, 5.41) is 0. The summed E-state index contributed by atoms with van der Waals surface area (Å²) in [5.74, 6) is 0.738. The van der Waals surface area contributed by atoms with Crippen molar-refractivity contribution in [1.82, 2.24) is 14.5 Å². The first kappa shape index (κ1) is 10.4. The molecule has 17 heavy (non-hydrogen) atoms. The number of hydrogen-bond donors (Lipinski definition) is 0. The standard InChI is InChI=1S/C13H17N4/c1-2-5-12(6-3-1)16-9-10-17(11-16)13-14-7-4-8-15-13/h4,7-12H,1-3,5-6H2/q+1. The first-order valence-electron chi connectivity index (χ1n) is 6.29. The molecular formula is C13H17N4+. The molecule has 1 aliphatic carbocycles. The SMILES string of the molecule is c1cnc(-n2cc[n+](C3CCCCC3)c2)nc1. The number of nitrogens with zero attached hydrogens (tertiary/aromatic N) is 4. The Labute approximate surface area is 101 Å². The van der Waals surface area contributed by atoms with Gasteiger partial charge in [0.05, 0.1) is 0 Å². The van der Waals surface area contributed by atoms with Gasteiger partial charge < -0.3 is 0 Å². The molecule has 0 bridgehead atoms. The molecule has 0 atom stereocenters. The van der Waals surface area contributed by atoms with Gasteiger partial charge in [0, 0.05) is 12.4 Å². The van der Waals surface area contributed by atoms with Crippen molar-refractivity contribution in [3.63, 3.8) is 0 Å². The number of hydrogen-bond acceptors (Lipinski definition) is 2. The van der Waals surface area contributed by atoms with E-state index >= 15 is 0 Å². The van der Waals surface area contributed by atoms with Gasteiger partial charge in [-0.25, -0.2) is 4.57 Å². The van der Waals surface area contributed by atoms with E-state index in [1.54, 1.807) is 12.4 Å². The molecular weight excluding hydrogens is 212 g/mol. The van der Waals surface area contributed by atoms with Crippen LogP contribution in [0.25, 0.3) is 5.95 Å². The van der Waals surface area contributed by atoms with E-state index < -0.39 is 0 Å². The molecule has 4 heteroatoms. The van der Waals surface area contributed by atoms with Gasteiger partial charge in [-0.05, 0) is 31.7 Å². The quantitative estimate of drug-likeness (QED) is 0.739. The predicted molar refractivity (Wildman–Crippen MR) is 63.7 cm³/mol. The zero-order chi connectivity index (χ0) is 11.5. The molecule has 0 spiro atoms. The minimum absolute atomic E-state index is 0.661. The highest BCUT2D eigenvalue weighted by molar-refractivity contribution is 5.07. The normalized spacial score (nSPS) is 17.2. The van der Waals surface area contributed by atoms with E-state index in [4.69, 9.17) is 0 Å². The average Bonchev–Trinajstić information content (AvgIpc) is 2.90. The minimum atomic E-state index is 0.661. The Morgan fingerprint density at radius 3 is 2.65 bits per heavy atom. The first-order valence-corrected chi connectivity index (χ1v) is 6.29. The predicted octanol–water partition coefficient (Wildman–Crippen LogP) is 2.06. The molecule has 4 nitrogen and oxygen atoms in total. The molecule has 1 fully saturated rings. The average molecular weight is 229 g/mol. The Kier molecular flexibility index (Phi) is 2.86. The van der Waals surface area contributed by atoms with Crippen molar-refractivity contribution in [1.29, 1.82) is 0 Å². The second-order valence-corrected chi connectivity index (χ2v) is 4.61. The molecule has 0 N–H and O–H groups in total. The van der Waals surface area contributed by atoms with E-state index in [1.807, 2.05) is 16.8 Å². The van der Waals surface area contributed by atoms with Crippen LogP contribution in [-0.4, -0.2) is 14.5 Å². The van der Waals surface area contributed by atoms with Crippen molar-refractivity contribution >= 4 is 0 Å². The monoisotopic (exact) mass is 229 g/mol. The number of aromatic nitrogens is 4. The van der Waals surface area contributed by atoms with Gasteiger partial charge in [0.15, 0.2) is 0 Å². The minimum Gasteiger partial charge on any atom is -0.234 e. The molecule has 1 aliphatic rings. The van der Waals surface area contributed by atoms with Crippen LogP contribution in [0.15, 0.2) is 37.2 Å². The second kappa shape index (κ2) is 4.65. The van der Waals surface area contributed by atoms with Gasteiger partial charge in [-0.3, -0.25) is 0 Å². The van der Waals surface area contributed by atoms with E-state index in [-0.39, 0.29) is 0 Å². The van der Waals surface area contributed by atoms with E-state index in [9.17, 15) is 0 Å². The Morgan fingerprint density at radius 1 is 1.12 bits per heavy atom. The van der Waals surface area contributed by atoms with Crippen LogP contribution in [0.3, 0.4) is 0 Å². The largest absolute Gasteiger partial charge is 0.325 e. The fourth-order valence-corrected chi connectivity index (χ4v) is 2.51. The molecule has 3 rings (SSSR count). The smallest absolute Gasteiger partial charge is 0.234 e. The molecule has 0 amide bonds. The number of rotatable bonds is 2. The van der Waals surface area contributed by atoms with Crippen molar-refractivity contribution in [2.75, 3.05) is 0 Å². The lowest BCUT2D eigenvalue weighted by atomic mass is 9.95. The van der Waals surface area contributed by atoms with Crippen molar-refractivity contribution in [2.45, 2.75) is 38.1 Å². The zero-order valence-corrected chi connectivity index (χ0v) is 9.87. The third kappa shape index (κ3) is 2.20. The van der Waals surface area contributed by atoms with Gasteiger partial charge in [0.25, 0.3) is 6.33 Å². The maximum Gasteiger partial charge on any atom is 0.325 e. The van der Waals surface area contributed by atoms with Crippen molar-refractivity contribution in [3.8, 4) is 5.95 Å². The maximum absolute atomic E-state index is 4.25. The van der Waals surface area contributed by atoms with Crippen LogP contribution >= 0.6 is 0 Å². The molecule has 0 aliphatic heterocycles. The van der Waals surface area contributed by atoms with E-state index in [0.29, 0.717) is 6.04 Å². The highest BCUT2D eigenvalue weighted by Crippen LogP contribution is 2.23. The summed E-state index contributed by atoms with van der Waals surface area (Å²) in [6.07, 6.45) is 16.5. The van der Waals surface area contributed by atoms with Crippen molar-refractivity contribution in [3.05, 3.63) is 37.2 Å². The molecule has 0 radical (unpaired) electrons. The molecule has 1 saturated carbocycles. The summed E-state index contributed by atoms with van der Waals surface area (Å²) in [5.41, 5.74) is 0. The summed E-state index contributed by atoms with van der Waals surface area (Å²) in [4.78, 5) is 8.49. The highest BCUT2D eigenvalue weighted by Gasteiger charge is 2.20. The third-order valence-electron chi connectivity index (χ3n) is 3.44. The van der Waals surface area contributed by atoms with Crippen molar-refractivity contribution < 1.29 is 4.57 Å². The Hall–Kier alpha value is -1.71. The fourth-order valence-electron chi connectivity index (χ4n) is 2.51. The Balaban J connectivity index is 1.83. The molecule has 0 unspecified atom stereocenters. The summed E-state index contributed by atoms with van der Waals surface area (Å²) in [6.45, 7) is 0. The van der Waals surface area contributed by atoms with Gasteiger partial charge in [-0.2, -0.15) is 14.5 Å². The van der Waals surface area contributed by atoms with Crippen LogP contribution in [0.1, 0.15) is 38.1 Å². The molecule has 2 aromatic heterocycles. The lowest BCUT2D eigenvalue weighted by Crippen LogP contribution is -2.38. The molecule has 2 aromatic rings. The van der Waals surface area contributed by atoms with Crippen LogP contribution in [0.2, 0.25) is 0 Å². The van der Waals surface area contributed by atoms with Gasteiger partial charge in [-0.1, -0.05) is 6.42 Å². The molecule has 88 valence electrons. The van der Waals surface area contributed by atoms with E-state index in [0.717, 1.165) is 5.95 Å².